The Hall–Kier alpha value is -1.40. The van der Waals surface area contributed by atoms with Gasteiger partial charge < -0.3 is 4.98 Å². The number of fused-ring (bicyclic) bond motifs is 1. The lowest BCUT2D eigenvalue weighted by atomic mass is 10.3. The molecule has 6 heteroatoms. The molecule has 0 unspecified atom stereocenters. The van der Waals surface area contributed by atoms with E-state index in [4.69, 9.17) is 4.55 Å². The van der Waals surface area contributed by atoms with Gasteiger partial charge in [0.15, 0.2) is 0 Å². The van der Waals surface area contributed by atoms with Crippen LogP contribution in [0.15, 0.2) is 23.1 Å². The number of hydrogen-bond acceptors (Lipinski definition) is 3. The van der Waals surface area contributed by atoms with Gasteiger partial charge in [-0.2, -0.15) is 8.42 Å². The highest BCUT2D eigenvalue weighted by Crippen LogP contribution is 2.16. The minimum Gasteiger partial charge on any atom is -0.342 e. The molecule has 0 saturated heterocycles. The van der Waals surface area contributed by atoms with Crippen molar-refractivity contribution < 1.29 is 13.0 Å². The lowest BCUT2D eigenvalue weighted by Crippen LogP contribution is -1.97. The van der Waals surface area contributed by atoms with E-state index in [1.54, 1.807) is 13.0 Å². The Morgan fingerprint density at radius 1 is 1.43 bits per heavy atom. The average molecular weight is 212 g/mol. The van der Waals surface area contributed by atoms with Crippen LogP contribution in [0.4, 0.5) is 0 Å². The maximum absolute atomic E-state index is 10.8. The summed E-state index contributed by atoms with van der Waals surface area (Å²) in [6.45, 7) is 1.77. The Morgan fingerprint density at radius 2 is 2.14 bits per heavy atom. The van der Waals surface area contributed by atoms with Gasteiger partial charge in [-0.15, -0.1) is 0 Å². The molecular weight excluding hydrogens is 204 g/mol. The van der Waals surface area contributed by atoms with Crippen LogP contribution in [0.5, 0.6) is 0 Å². The van der Waals surface area contributed by atoms with Crippen LogP contribution in [0, 0.1) is 6.92 Å². The van der Waals surface area contributed by atoms with Gasteiger partial charge in [0.2, 0.25) is 0 Å². The second kappa shape index (κ2) is 2.79. The third kappa shape index (κ3) is 1.49. The molecule has 0 spiro atoms. The van der Waals surface area contributed by atoms with Crippen LogP contribution in [0.25, 0.3) is 11.0 Å². The summed E-state index contributed by atoms with van der Waals surface area (Å²) >= 11 is 0. The highest BCUT2D eigenvalue weighted by Gasteiger charge is 2.10. The third-order valence-electron chi connectivity index (χ3n) is 1.87. The SMILES string of the molecule is Cc1nc2ccc(S(=O)(=O)O)cc2[nH]1. The van der Waals surface area contributed by atoms with Gasteiger partial charge in [-0.1, -0.05) is 0 Å². The number of nitrogens with zero attached hydrogens (tertiary/aromatic N) is 1. The molecule has 0 fully saturated rings. The van der Waals surface area contributed by atoms with Crippen molar-refractivity contribution in [3.63, 3.8) is 0 Å². The van der Waals surface area contributed by atoms with Crippen molar-refractivity contribution in [2.45, 2.75) is 11.8 Å². The fraction of sp³-hybridized carbons (Fsp3) is 0.125. The molecule has 0 aliphatic heterocycles. The summed E-state index contributed by atoms with van der Waals surface area (Å²) < 4.78 is 30.4. The van der Waals surface area contributed by atoms with E-state index in [0.717, 1.165) is 0 Å². The number of benzene rings is 1. The Kier molecular flexibility index (Phi) is 1.83. The zero-order valence-corrected chi connectivity index (χ0v) is 8.17. The number of H-pyrrole nitrogens is 1. The number of rotatable bonds is 1. The van der Waals surface area contributed by atoms with Crippen molar-refractivity contribution in [2.24, 2.45) is 0 Å². The zero-order chi connectivity index (χ0) is 10.3. The van der Waals surface area contributed by atoms with Crippen molar-refractivity contribution >= 4 is 21.2 Å². The van der Waals surface area contributed by atoms with E-state index in [1.807, 2.05) is 0 Å². The minimum absolute atomic E-state index is 0.131. The number of aromatic amines is 1. The van der Waals surface area contributed by atoms with Gasteiger partial charge >= 0.3 is 0 Å². The van der Waals surface area contributed by atoms with Crippen LogP contribution in [0.3, 0.4) is 0 Å². The molecule has 1 aromatic carbocycles. The summed E-state index contributed by atoms with van der Waals surface area (Å²) in [5.41, 5.74) is 1.27. The number of aromatic nitrogens is 2. The van der Waals surface area contributed by atoms with Crippen molar-refractivity contribution in [3.8, 4) is 0 Å². The second-order valence-corrected chi connectivity index (χ2v) is 4.40. The maximum Gasteiger partial charge on any atom is 0.294 e. The number of nitrogens with one attached hydrogen (secondary N) is 1. The summed E-state index contributed by atoms with van der Waals surface area (Å²) in [6.07, 6.45) is 0. The molecule has 0 amide bonds. The van der Waals surface area contributed by atoms with E-state index in [1.165, 1.54) is 12.1 Å². The molecule has 1 aromatic heterocycles. The summed E-state index contributed by atoms with van der Waals surface area (Å²) in [4.78, 5) is 6.86. The van der Waals surface area contributed by atoms with Gasteiger partial charge in [-0.3, -0.25) is 4.55 Å². The molecule has 0 aliphatic carbocycles. The molecule has 0 aliphatic rings. The molecule has 2 rings (SSSR count). The van der Waals surface area contributed by atoms with Crippen LogP contribution < -0.4 is 0 Å². The molecule has 0 saturated carbocycles. The fourth-order valence-electron chi connectivity index (χ4n) is 1.28. The highest BCUT2D eigenvalue weighted by atomic mass is 32.2. The van der Waals surface area contributed by atoms with Gasteiger partial charge in [0.05, 0.1) is 15.9 Å². The maximum atomic E-state index is 10.8. The smallest absolute Gasteiger partial charge is 0.294 e. The fourth-order valence-corrected chi connectivity index (χ4v) is 1.78. The van der Waals surface area contributed by atoms with Crippen molar-refractivity contribution in [1.82, 2.24) is 9.97 Å². The third-order valence-corrected chi connectivity index (χ3v) is 2.72. The van der Waals surface area contributed by atoms with E-state index >= 15 is 0 Å². The average Bonchev–Trinajstić information content (AvgIpc) is 2.41. The van der Waals surface area contributed by atoms with E-state index < -0.39 is 10.1 Å². The highest BCUT2D eigenvalue weighted by molar-refractivity contribution is 7.85. The molecule has 74 valence electrons. The molecule has 0 radical (unpaired) electrons. The van der Waals surface area contributed by atoms with Gasteiger partial charge in [0.25, 0.3) is 10.1 Å². The lowest BCUT2D eigenvalue weighted by Gasteiger charge is -1.95. The van der Waals surface area contributed by atoms with Crippen LogP contribution in [0.1, 0.15) is 5.82 Å². The largest absolute Gasteiger partial charge is 0.342 e. The summed E-state index contributed by atoms with van der Waals surface area (Å²) in [5, 5.41) is 0. The van der Waals surface area contributed by atoms with Gasteiger partial charge in [-0.05, 0) is 25.1 Å². The topological polar surface area (TPSA) is 83.1 Å². The van der Waals surface area contributed by atoms with Crippen LogP contribution in [-0.2, 0) is 10.1 Å². The van der Waals surface area contributed by atoms with Crippen molar-refractivity contribution in [3.05, 3.63) is 24.0 Å². The number of hydrogen-bond donors (Lipinski definition) is 2. The number of imidazole rings is 1. The molecule has 2 N–H and O–H groups in total. The molecule has 5 nitrogen and oxygen atoms in total. The number of aryl methyl sites for hydroxylation is 1. The first-order chi connectivity index (χ1) is 6.47. The first-order valence-electron chi connectivity index (χ1n) is 3.91. The molecule has 2 aromatic rings. The molecule has 0 atom stereocenters. The second-order valence-electron chi connectivity index (χ2n) is 2.98. The van der Waals surface area contributed by atoms with E-state index in [9.17, 15) is 8.42 Å². The van der Waals surface area contributed by atoms with Crippen molar-refractivity contribution in [1.29, 1.82) is 0 Å². The van der Waals surface area contributed by atoms with Gasteiger partial charge in [0.1, 0.15) is 5.82 Å². The quantitative estimate of drug-likeness (QED) is 0.694. The Morgan fingerprint density at radius 3 is 2.79 bits per heavy atom. The molecule has 0 bridgehead atoms. The minimum atomic E-state index is -4.13. The van der Waals surface area contributed by atoms with Crippen LogP contribution >= 0.6 is 0 Å². The zero-order valence-electron chi connectivity index (χ0n) is 7.35. The standard InChI is InChI=1S/C8H8N2O3S/c1-5-9-7-3-2-6(14(11,12)13)4-8(7)10-5/h2-4H,1H3,(H,9,10)(H,11,12,13). The summed E-state index contributed by atoms with van der Waals surface area (Å²) in [5.74, 6) is 0.701. The Balaban J connectivity index is 2.74. The Bertz CT molecular complexity index is 586. The summed E-state index contributed by atoms with van der Waals surface area (Å²) in [7, 11) is -4.13. The van der Waals surface area contributed by atoms with E-state index in [0.29, 0.717) is 16.9 Å². The predicted molar refractivity (Wildman–Crippen MR) is 50.6 cm³/mol. The van der Waals surface area contributed by atoms with Gasteiger partial charge in [-0.25, -0.2) is 4.98 Å². The van der Waals surface area contributed by atoms with Crippen LogP contribution in [-0.4, -0.2) is 22.9 Å². The van der Waals surface area contributed by atoms with E-state index in [2.05, 4.69) is 9.97 Å². The van der Waals surface area contributed by atoms with Crippen molar-refractivity contribution in [2.75, 3.05) is 0 Å². The predicted octanol–water partition coefficient (Wildman–Crippen LogP) is 1.12. The first-order valence-corrected chi connectivity index (χ1v) is 5.35. The first kappa shape index (κ1) is 9.17. The van der Waals surface area contributed by atoms with Gasteiger partial charge in [0, 0.05) is 0 Å². The molecule has 1 heterocycles. The van der Waals surface area contributed by atoms with Crippen LogP contribution in [0.2, 0.25) is 0 Å². The summed E-state index contributed by atoms with van der Waals surface area (Å²) in [6, 6.07) is 4.21. The van der Waals surface area contributed by atoms with E-state index in [-0.39, 0.29) is 4.90 Å². The normalized spacial score (nSPS) is 12.1. The Labute approximate surface area is 80.5 Å². The monoisotopic (exact) mass is 212 g/mol. The molecular formula is C8H8N2O3S. The lowest BCUT2D eigenvalue weighted by molar-refractivity contribution is 0.483. The molecule has 14 heavy (non-hydrogen) atoms.